The summed E-state index contributed by atoms with van der Waals surface area (Å²) in [7, 11) is 4.05. The number of aromatic hydroxyl groups is 1. The van der Waals surface area contributed by atoms with Crippen molar-refractivity contribution >= 4 is 17.5 Å². The molecule has 1 rings (SSSR count). The van der Waals surface area contributed by atoms with Gasteiger partial charge in [0.1, 0.15) is 5.75 Å². The number of amides is 1. The van der Waals surface area contributed by atoms with E-state index < -0.39 is 0 Å². The molecule has 2 N–H and O–H groups in total. The Balaban J connectivity index is 2.34. The minimum absolute atomic E-state index is 0.0146. The molecule has 0 radical (unpaired) electrons. The van der Waals surface area contributed by atoms with Crippen LogP contribution in [0, 0.1) is 0 Å². The van der Waals surface area contributed by atoms with E-state index in [0.29, 0.717) is 12.1 Å². The number of carbonyl (C=O) groups excluding carboxylic acids is 1. The van der Waals surface area contributed by atoms with Crippen LogP contribution in [0.2, 0.25) is 5.02 Å². The van der Waals surface area contributed by atoms with Crippen molar-refractivity contribution in [1.82, 2.24) is 10.2 Å². The fourth-order valence-corrected chi connectivity index (χ4v) is 1.69. The molecule has 0 atom stereocenters. The summed E-state index contributed by atoms with van der Waals surface area (Å²) in [6.45, 7) is 1.66. The Morgan fingerprint density at radius 2 is 2.11 bits per heavy atom. The molecule has 4 nitrogen and oxygen atoms in total. The molecule has 0 aromatic heterocycles. The van der Waals surface area contributed by atoms with Crippen LogP contribution in [0.1, 0.15) is 23.2 Å². The highest BCUT2D eigenvalue weighted by Gasteiger charge is 2.07. The molecule has 0 saturated heterocycles. The molecule has 0 aliphatic carbocycles. The number of benzene rings is 1. The van der Waals surface area contributed by atoms with E-state index >= 15 is 0 Å². The van der Waals surface area contributed by atoms with Gasteiger partial charge in [0.25, 0.3) is 5.91 Å². The van der Waals surface area contributed by atoms with Gasteiger partial charge in [-0.25, -0.2) is 0 Å². The zero-order valence-electron chi connectivity index (χ0n) is 10.7. The summed E-state index contributed by atoms with van der Waals surface area (Å²) in [4.78, 5) is 13.9. The summed E-state index contributed by atoms with van der Waals surface area (Å²) in [5.41, 5.74) is 0.463. The first-order chi connectivity index (χ1) is 8.50. The van der Waals surface area contributed by atoms with Crippen molar-refractivity contribution < 1.29 is 9.90 Å². The maximum absolute atomic E-state index is 11.7. The molecule has 0 spiro atoms. The number of rotatable bonds is 6. The maximum atomic E-state index is 11.7. The van der Waals surface area contributed by atoms with Crippen molar-refractivity contribution in [3.05, 3.63) is 28.8 Å². The predicted molar refractivity (Wildman–Crippen MR) is 73.2 cm³/mol. The lowest BCUT2D eigenvalue weighted by Crippen LogP contribution is -2.25. The number of nitrogens with zero attached hydrogens (tertiary/aromatic N) is 1. The highest BCUT2D eigenvalue weighted by atomic mass is 35.5. The summed E-state index contributed by atoms with van der Waals surface area (Å²) in [5.74, 6) is -0.180. The third kappa shape index (κ3) is 4.94. The van der Waals surface area contributed by atoms with Crippen molar-refractivity contribution in [1.29, 1.82) is 0 Å². The van der Waals surface area contributed by atoms with Gasteiger partial charge in [0, 0.05) is 12.1 Å². The lowest BCUT2D eigenvalue weighted by Gasteiger charge is -2.09. The van der Waals surface area contributed by atoms with Crippen molar-refractivity contribution in [2.24, 2.45) is 0 Å². The maximum Gasteiger partial charge on any atom is 0.251 e. The molecule has 100 valence electrons. The van der Waals surface area contributed by atoms with Crippen molar-refractivity contribution in [3.63, 3.8) is 0 Å². The highest BCUT2D eigenvalue weighted by Crippen LogP contribution is 2.23. The molecule has 0 saturated carbocycles. The van der Waals surface area contributed by atoms with Crippen LogP contribution < -0.4 is 5.32 Å². The van der Waals surface area contributed by atoms with E-state index in [-0.39, 0.29) is 16.7 Å². The van der Waals surface area contributed by atoms with Gasteiger partial charge in [0.2, 0.25) is 0 Å². The summed E-state index contributed by atoms with van der Waals surface area (Å²) in [6.07, 6.45) is 1.99. The first kappa shape index (κ1) is 14.8. The lowest BCUT2D eigenvalue weighted by molar-refractivity contribution is 0.0953. The third-order valence-corrected chi connectivity index (χ3v) is 2.83. The predicted octanol–water partition coefficient (Wildman–Crippen LogP) is 2.12. The van der Waals surface area contributed by atoms with Crippen LogP contribution >= 0.6 is 11.6 Å². The average Bonchev–Trinajstić information content (AvgIpc) is 2.31. The molecule has 0 fully saturated rings. The SMILES string of the molecule is CN(C)CCCCNC(=O)c1ccc(O)c(Cl)c1. The Bertz CT molecular complexity index is 408. The minimum atomic E-state index is -0.165. The molecule has 0 aliphatic rings. The minimum Gasteiger partial charge on any atom is -0.506 e. The molecular weight excluding hydrogens is 252 g/mol. The summed E-state index contributed by atoms with van der Waals surface area (Å²) >= 11 is 5.74. The van der Waals surface area contributed by atoms with Gasteiger partial charge in [-0.2, -0.15) is 0 Å². The van der Waals surface area contributed by atoms with Gasteiger partial charge in [0.15, 0.2) is 0 Å². The molecule has 0 heterocycles. The molecule has 0 aliphatic heterocycles. The van der Waals surface area contributed by atoms with E-state index in [2.05, 4.69) is 10.2 Å². The van der Waals surface area contributed by atoms with E-state index in [0.717, 1.165) is 19.4 Å². The van der Waals surface area contributed by atoms with Crippen LogP contribution in [-0.4, -0.2) is 43.1 Å². The first-order valence-corrected chi connectivity index (χ1v) is 6.30. The molecule has 5 heteroatoms. The summed E-state index contributed by atoms with van der Waals surface area (Å²) in [5, 5.41) is 12.3. The normalized spacial score (nSPS) is 10.7. The van der Waals surface area contributed by atoms with E-state index in [1.165, 1.54) is 12.1 Å². The van der Waals surface area contributed by atoms with Gasteiger partial charge in [-0.05, 0) is 51.7 Å². The Kier molecular flexibility index (Phi) is 5.95. The molecular formula is C13H19ClN2O2. The van der Waals surface area contributed by atoms with Crippen molar-refractivity contribution in [3.8, 4) is 5.75 Å². The number of phenolic OH excluding ortho intramolecular Hbond substituents is 1. The van der Waals surface area contributed by atoms with E-state index in [1.54, 1.807) is 6.07 Å². The second-order valence-corrected chi connectivity index (χ2v) is 4.84. The van der Waals surface area contributed by atoms with Crippen LogP contribution in [0.25, 0.3) is 0 Å². The topological polar surface area (TPSA) is 52.6 Å². The molecule has 0 bridgehead atoms. The number of unbranched alkanes of at least 4 members (excludes halogenated alkanes) is 1. The Morgan fingerprint density at radius 3 is 2.72 bits per heavy atom. The second kappa shape index (κ2) is 7.24. The number of hydrogen-bond acceptors (Lipinski definition) is 3. The first-order valence-electron chi connectivity index (χ1n) is 5.92. The van der Waals surface area contributed by atoms with Crippen LogP contribution in [0.15, 0.2) is 18.2 Å². The molecule has 0 unspecified atom stereocenters. The number of halogens is 1. The van der Waals surface area contributed by atoms with Crippen LogP contribution in [0.3, 0.4) is 0 Å². The van der Waals surface area contributed by atoms with Crippen molar-refractivity contribution in [2.45, 2.75) is 12.8 Å². The fraction of sp³-hybridized carbons (Fsp3) is 0.462. The fourth-order valence-electron chi connectivity index (χ4n) is 1.51. The number of hydrogen-bond donors (Lipinski definition) is 2. The molecule has 1 aromatic rings. The molecule has 18 heavy (non-hydrogen) atoms. The van der Waals surface area contributed by atoms with E-state index in [9.17, 15) is 9.90 Å². The Labute approximate surface area is 113 Å². The van der Waals surface area contributed by atoms with Crippen LogP contribution in [-0.2, 0) is 0 Å². The summed E-state index contributed by atoms with van der Waals surface area (Å²) in [6, 6.07) is 4.44. The zero-order valence-corrected chi connectivity index (χ0v) is 11.5. The van der Waals surface area contributed by atoms with E-state index in [1.807, 2.05) is 14.1 Å². The van der Waals surface area contributed by atoms with Gasteiger partial charge in [-0.1, -0.05) is 11.6 Å². The van der Waals surface area contributed by atoms with Crippen LogP contribution in [0.5, 0.6) is 5.75 Å². The van der Waals surface area contributed by atoms with Gasteiger partial charge >= 0.3 is 0 Å². The van der Waals surface area contributed by atoms with Gasteiger partial charge in [0.05, 0.1) is 5.02 Å². The second-order valence-electron chi connectivity index (χ2n) is 4.43. The summed E-state index contributed by atoms with van der Waals surface area (Å²) < 4.78 is 0. The van der Waals surface area contributed by atoms with E-state index in [4.69, 9.17) is 11.6 Å². The highest BCUT2D eigenvalue weighted by molar-refractivity contribution is 6.32. The Morgan fingerprint density at radius 1 is 1.39 bits per heavy atom. The number of nitrogens with one attached hydrogen (secondary N) is 1. The van der Waals surface area contributed by atoms with Gasteiger partial charge in [-0.3, -0.25) is 4.79 Å². The largest absolute Gasteiger partial charge is 0.506 e. The quantitative estimate of drug-likeness (QED) is 0.779. The number of phenols is 1. The monoisotopic (exact) mass is 270 g/mol. The number of carbonyl (C=O) groups is 1. The van der Waals surface area contributed by atoms with Gasteiger partial charge in [-0.15, -0.1) is 0 Å². The average molecular weight is 271 g/mol. The molecule has 1 amide bonds. The van der Waals surface area contributed by atoms with Gasteiger partial charge < -0.3 is 15.3 Å². The van der Waals surface area contributed by atoms with Crippen LogP contribution in [0.4, 0.5) is 0 Å². The molecule has 1 aromatic carbocycles. The zero-order chi connectivity index (χ0) is 13.5. The lowest BCUT2D eigenvalue weighted by atomic mass is 10.2. The third-order valence-electron chi connectivity index (χ3n) is 2.53. The standard InChI is InChI=1S/C13H19ClN2O2/c1-16(2)8-4-3-7-15-13(18)10-5-6-12(17)11(14)9-10/h5-6,9,17H,3-4,7-8H2,1-2H3,(H,15,18). The smallest absolute Gasteiger partial charge is 0.251 e. The Hall–Kier alpha value is -1.26. The van der Waals surface area contributed by atoms with Crippen molar-refractivity contribution in [2.75, 3.05) is 27.2 Å².